The lowest BCUT2D eigenvalue weighted by Gasteiger charge is -2.21. The molecule has 0 aliphatic carbocycles. The molecular weight excluding hydrogens is 515 g/mol. The molecular formula is C28H41BN4O7. The quantitative estimate of drug-likeness (QED) is 0.206. The third kappa shape index (κ3) is 12.0. The first-order chi connectivity index (χ1) is 18.7. The van der Waals surface area contributed by atoms with E-state index in [9.17, 15) is 29.2 Å². The van der Waals surface area contributed by atoms with Gasteiger partial charge in [-0.15, -0.1) is 0 Å². The van der Waals surface area contributed by atoms with Gasteiger partial charge in [0.15, 0.2) is 0 Å². The fourth-order valence-corrected chi connectivity index (χ4v) is 3.99. The summed E-state index contributed by atoms with van der Waals surface area (Å²) < 4.78 is 5.13. The molecule has 0 aromatic heterocycles. The van der Waals surface area contributed by atoms with Crippen LogP contribution in [0.25, 0.3) is 10.8 Å². The highest BCUT2D eigenvalue weighted by Gasteiger charge is 2.27. The van der Waals surface area contributed by atoms with E-state index in [4.69, 9.17) is 4.74 Å². The highest BCUT2D eigenvalue weighted by molar-refractivity contribution is 6.43. The number of nitrogens with one attached hydrogen (secondary N) is 4. The van der Waals surface area contributed by atoms with E-state index in [-0.39, 0.29) is 25.2 Å². The first-order valence-electron chi connectivity index (χ1n) is 13.4. The van der Waals surface area contributed by atoms with Crippen LogP contribution in [0.3, 0.4) is 0 Å². The van der Waals surface area contributed by atoms with Gasteiger partial charge in [-0.3, -0.25) is 14.4 Å². The molecule has 2 rings (SSSR count). The standard InChI is InChI=1S/C28H41BN4O7/c1-18(2)15-23(29(38)39)33-24(34)12-8-11-22(32-25(35)17-30-27(37)40-28(3,4)5)26(36)31-21-14-13-19-9-6-7-10-20(19)16-21/h6-7,9-10,13-14,16,18,22-23,38-39H,8,11-12,15,17H2,1-5H3,(H,30,37)(H,31,36)(H,32,35)(H,33,34)/t22-,23-/m0/s1. The van der Waals surface area contributed by atoms with E-state index in [0.717, 1.165) is 10.8 Å². The SMILES string of the molecule is CC(C)C[C@H](NC(=O)CCC[C@H](NC(=O)CNC(=O)OC(C)(C)C)C(=O)Nc1ccc2ccccc2c1)B(O)O. The minimum Gasteiger partial charge on any atom is -0.444 e. The number of ether oxygens (including phenoxy) is 1. The molecule has 40 heavy (non-hydrogen) atoms. The van der Waals surface area contributed by atoms with Gasteiger partial charge < -0.3 is 36.1 Å². The van der Waals surface area contributed by atoms with Gasteiger partial charge in [0.05, 0.1) is 5.94 Å². The lowest BCUT2D eigenvalue weighted by atomic mass is 9.75. The summed E-state index contributed by atoms with van der Waals surface area (Å²) in [6.45, 7) is 8.49. The molecule has 2 aromatic carbocycles. The first kappa shape index (κ1) is 32.6. The third-order valence-electron chi connectivity index (χ3n) is 5.79. The van der Waals surface area contributed by atoms with Crippen LogP contribution in [0.4, 0.5) is 10.5 Å². The van der Waals surface area contributed by atoms with E-state index < -0.39 is 55.1 Å². The number of fused-ring (bicyclic) bond motifs is 1. The van der Waals surface area contributed by atoms with Crippen molar-refractivity contribution in [2.45, 2.75) is 77.9 Å². The van der Waals surface area contributed by atoms with Crippen LogP contribution < -0.4 is 21.3 Å². The second-order valence-corrected chi connectivity index (χ2v) is 11.1. The van der Waals surface area contributed by atoms with E-state index in [1.807, 2.05) is 50.2 Å². The number of hydrogen-bond donors (Lipinski definition) is 6. The fourth-order valence-electron chi connectivity index (χ4n) is 3.99. The Morgan fingerprint density at radius 1 is 0.950 bits per heavy atom. The number of benzene rings is 2. The molecule has 0 saturated heterocycles. The van der Waals surface area contributed by atoms with Gasteiger partial charge >= 0.3 is 13.2 Å². The van der Waals surface area contributed by atoms with Gasteiger partial charge in [0.1, 0.15) is 18.2 Å². The second kappa shape index (κ2) is 15.2. The molecule has 12 heteroatoms. The molecule has 0 radical (unpaired) electrons. The van der Waals surface area contributed by atoms with Crippen molar-refractivity contribution in [1.29, 1.82) is 0 Å². The maximum atomic E-state index is 13.2. The fraction of sp³-hybridized carbons (Fsp3) is 0.500. The van der Waals surface area contributed by atoms with Crippen molar-refractivity contribution in [2.75, 3.05) is 11.9 Å². The van der Waals surface area contributed by atoms with E-state index in [1.54, 1.807) is 26.8 Å². The van der Waals surface area contributed by atoms with Gasteiger partial charge in [-0.1, -0.05) is 44.2 Å². The molecule has 0 saturated carbocycles. The Morgan fingerprint density at radius 3 is 2.25 bits per heavy atom. The Hall–Kier alpha value is -3.64. The van der Waals surface area contributed by atoms with Crippen LogP contribution in [-0.2, 0) is 19.1 Å². The second-order valence-electron chi connectivity index (χ2n) is 11.1. The van der Waals surface area contributed by atoms with Crippen molar-refractivity contribution >= 4 is 47.4 Å². The monoisotopic (exact) mass is 556 g/mol. The summed E-state index contributed by atoms with van der Waals surface area (Å²) in [6, 6.07) is 12.1. The summed E-state index contributed by atoms with van der Waals surface area (Å²) >= 11 is 0. The molecule has 0 unspecified atom stereocenters. The number of alkyl carbamates (subject to hydrolysis) is 1. The van der Waals surface area contributed by atoms with Crippen molar-refractivity contribution in [1.82, 2.24) is 16.0 Å². The van der Waals surface area contributed by atoms with Gasteiger partial charge in [-0.05, 0) is 68.9 Å². The molecule has 0 aliphatic heterocycles. The predicted molar refractivity (Wildman–Crippen MR) is 154 cm³/mol. The molecule has 0 bridgehead atoms. The van der Waals surface area contributed by atoms with Crippen molar-refractivity contribution in [3.8, 4) is 0 Å². The summed E-state index contributed by atoms with van der Waals surface area (Å²) in [5, 5.41) is 31.4. The van der Waals surface area contributed by atoms with Gasteiger partial charge in [-0.2, -0.15) is 0 Å². The molecule has 11 nitrogen and oxygen atoms in total. The number of carbonyl (C=O) groups is 4. The van der Waals surface area contributed by atoms with E-state index in [1.165, 1.54) is 0 Å². The molecule has 2 aromatic rings. The van der Waals surface area contributed by atoms with Crippen LogP contribution in [0.15, 0.2) is 42.5 Å². The predicted octanol–water partition coefficient (Wildman–Crippen LogP) is 2.50. The van der Waals surface area contributed by atoms with E-state index >= 15 is 0 Å². The zero-order valence-corrected chi connectivity index (χ0v) is 23.8. The summed E-state index contributed by atoms with van der Waals surface area (Å²) in [5.74, 6) is -2.15. The Kier molecular flexibility index (Phi) is 12.4. The van der Waals surface area contributed by atoms with Crippen LogP contribution >= 0.6 is 0 Å². The highest BCUT2D eigenvalue weighted by Crippen LogP contribution is 2.19. The average molecular weight is 556 g/mol. The first-order valence-corrected chi connectivity index (χ1v) is 13.4. The Labute approximate surface area is 235 Å². The zero-order valence-electron chi connectivity index (χ0n) is 23.8. The molecule has 0 aliphatic rings. The lowest BCUT2D eigenvalue weighted by Crippen LogP contribution is -2.48. The topological polar surface area (TPSA) is 166 Å². The van der Waals surface area contributed by atoms with Crippen LogP contribution in [0.5, 0.6) is 0 Å². The minimum atomic E-state index is -1.69. The van der Waals surface area contributed by atoms with Crippen molar-refractivity contribution in [2.24, 2.45) is 5.92 Å². The summed E-state index contributed by atoms with van der Waals surface area (Å²) in [6.07, 6.45) is -0.00845. The summed E-state index contributed by atoms with van der Waals surface area (Å²) in [5.41, 5.74) is -0.190. The number of carbonyl (C=O) groups excluding carboxylic acids is 4. The maximum absolute atomic E-state index is 13.2. The van der Waals surface area contributed by atoms with Gasteiger partial charge in [0, 0.05) is 12.1 Å². The average Bonchev–Trinajstić information content (AvgIpc) is 2.85. The van der Waals surface area contributed by atoms with E-state index in [0.29, 0.717) is 12.1 Å². The number of anilines is 1. The Balaban J connectivity index is 2.03. The Morgan fingerprint density at radius 2 is 1.62 bits per heavy atom. The molecule has 218 valence electrons. The molecule has 0 spiro atoms. The molecule has 2 atom stereocenters. The maximum Gasteiger partial charge on any atom is 0.475 e. The molecule has 0 fully saturated rings. The van der Waals surface area contributed by atoms with Crippen molar-refractivity contribution < 1.29 is 34.0 Å². The highest BCUT2D eigenvalue weighted by atomic mass is 16.6. The molecule has 4 amide bonds. The minimum absolute atomic E-state index is 0.00704. The number of hydrogen-bond acceptors (Lipinski definition) is 7. The van der Waals surface area contributed by atoms with Crippen LogP contribution in [-0.4, -0.2) is 65.1 Å². The van der Waals surface area contributed by atoms with Crippen molar-refractivity contribution in [3.05, 3.63) is 42.5 Å². The lowest BCUT2D eigenvalue weighted by molar-refractivity contribution is -0.126. The summed E-state index contributed by atoms with van der Waals surface area (Å²) in [4.78, 5) is 50.1. The van der Waals surface area contributed by atoms with Gasteiger partial charge in [0.2, 0.25) is 17.7 Å². The number of rotatable bonds is 13. The number of amides is 4. The summed E-state index contributed by atoms with van der Waals surface area (Å²) in [7, 11) is -1.69. The van der Waals surface area contributed by atoms with Crippen LogP contribution in [0.2, 0.25) is 0 Å². The zero-order chi connectivity index (χ0) is 29.9. The van der Waals surface area contributed by atoms with Crippen LogP contribution in [0.1, 0.15) is 60.3 Å². The normalized spacial score (nSPS) is 12.8. The smallest absolute Gasteiger partial charge is 0.444 e. The third-order valence-corrected chi connectivity index (χ3v) is 5.79. The molecule has 6 N–H and O–H groups in total. The van der Waals surface area contributed by atoms with Gasteiger partial charge in [0.25, 0.3) is 0 Å². The van der Waals surface area contributed by atoms with Gasteiger partial charge in [-0.25, -0.2) is 4.79 Å². The Bertz CT molecular complexity index is 1170. The van der Waals surface area contributed by atoms with E-state index in [2.05, 4.69) is 21.3 Å². The largest absolute Gasteiger partial charge is 0.475 e. The van der Waals surface area contributed by atoms with Crippen LogP contribution in [0, 0.1) is 5.92 Å². The molecule has 0 heterocycles. The van der Waals surface area contributed by atoms with Crippen molar-refractivity contribution in [3.63, 3.8) is 0 Å².